The van der Waals surface area contributed by atoms with Gasteiger partial charge in [0.05, 0.1) is 12.9 Å². The van der Waals surface area contributed by atoms with Gasteiger partial charge in [-0.2, -0.15) is 0 Å². The van der Waals surface area contributed by atoms with Crippen LogP contribution in [0.25, 0.3) is 0 Å². The van der Waals surface area contributed by atoms with Crippen molar-refractivity contribution in [3.05, 3.63) is 59.2 Å². The Morgan fingerprint density at radius 2 is 1.67 bits per heavy atom. The molecule has 0 aliphatic carbocycles. The lowest BCUT2D eigenvalue weighted by molar-refractivity contribution is 0.335. The molecule has 2 aromatic carbocycles. The van der Waals surface area contributed by atoms with Gasteiger partial charge >= 0.3 is 0 Å². The molecule has 3 N–H and O–H groups in total. The molecule has 0 amide bonds. The fraction of sp³-hybridized carbons (Fsp3) is 0.409. The molecule has 30 heavy (non-hydrogen) atoms. The minimum Gasteiger partial charge on any atom is -0.494 e. The van der Waals surface area contributed by atoms with E-state index in [4.69, 9.17) is 17.0 Å². The third-order valence-corrected chi connectivity index (χ3v) is 5.28. The molecule has 0 heterocycles. The third kappa shape index (κ3) is 7.84. The van der Waals surface area contributed by atoms with Crippen LogP contribution in [0.1, 0.15) is 44.4 Å². The van der Waals surface area contributed by atoms with Crippen LogP contribution in [-0.4, -0.2) is 26.4 Å². The van der Waals surface area contributed by atoms with E-state index in [9.17, 15) is 8.42 Å². The van der Waals surface area contributed by atoms with Gasteiger partial charge in [0.1, 0.15) is 5.75 Å². The molecular weight excluding hydrogens is 418 g/mol. The monoisotopic (exact) mass is 449 g/mol. The zero-order valence-corrected chi connectivity index (χ0v) is 19.8. The summed E-state index contributed by atoms with van der Waals surface area (Å²) in [7, 11) is -3.27. The van der Waals surface area contributed by atoms with Crippen LogP contribution >= 0.6 is 12.2 Å². The summed E-state index contributed by atoms with van der Waals surface area (Å²) in [6, 6.07) is 13.4. The normalized spacial score (nSPS) is 11.6. The van der Waals surface area contributed by atoms with Crippen LogP contribution in [0.15, 0.2) is 42.5 Å². The number of ether oxygens (including phenoxy) is 1. The van der Waals surface area contributed by atoms with Crippen LogP contribution in [0.3, 0.4) is 0 Å². The molecule has 0 unspecified atom stereocenters. The van der Waals surface area contributed by atoms with Gasteiger partial charge in [-0.1, -0.05) is 45.0 Å². The zero-order valence-electron chi connectivity index (χ0n) is 18.2. The van der Waals surface area contributed by atoms with Crippen molar-refractivity contribution < 1.29 is 13.2 Å². The second-order valence-electron chi connectivity index (χ2n) is 8.11. The van der Waals surface area contributed by atoms with Crippen LogP contribution < -0.4 is 20.1 Å². The smallest absolute Gasteiger partial charge is 0.229 e. The van der Waals surface area contributed by atoms with Gasteiger partial charge in [0.15, 0.2) is 5.11 Å². The van der Waals surface area contributed by atoms with Gasteiger partial charge in [0, 0.05) is 24.3 Å². The molecule has 8 heteroatoms. The predicted molar refractivity (Wildman–Crippen MR) is 127 cm³/mol. The quantitative estimate of drug-likeness (QED) is 0.530. The summed E-state index contributed by atoms with van der Waals surface area (Å²) in [6.45, 7) is 10.2. The minimum absolute atomic E-state index is 0.0566. The molecule has 164 valence electrons. The van der Waals surface area contributed by atoms with E-state index in [1.165, 1.54) is 5.56 Å². The summed E-state index contributed by atoms with van der Waals surface area (Å²) >= 11 is 5.39. The van der Waals surface area contributed by atoms with Gasteiger partial charge < -0.3 is 15.4 Å². The highest BCUT2D eigenvalue weighted by Crippen LogP contribution is 2.28. The van der Waals surface area contributed by atoms with E-state index in [-0.39, 0.29) is 5.41 Å². The number of sulfonamides is 1. The highest BCUT2D eigenvalue weighted by molar-refractivity contribution is 7.92. The van der Waals surface area contributed by atoms with Gasteiger partial charge in [0.2, 0.25) is 10.0 Å². The maximum Gasteiger partial charge on any atom is 0.229 e. The number of anilines is 1. The van der Waals surface area contributed by atoms with E-state index in [1.54, 1.807) is 12.1 Å². The number of rotatable bonds is 8. The highest BCUT2D eigenvalue weighted by Gasteiger charge is 2.16. The van der Waals surface area contributed by atoms with Crippen LogP contribution in [0.4, 0.5) is 5.69 Å². The van der Waals surface area contributed by atoms with Crippen molar-refractivity contribution in [3.8, 4) is 5.75 Å². The topological polar surface area (TPSA) is 79.5 Å². The van der Waals surface area contributed by atoms with Crippen molar-refractivity contribution in [2.24, 2.45) is 0 Å². The summed E-state index contributed by atoms with van der Waals surface area (Å²) < 4.78 is 30.8. The summed E-state index contributed by atoms with van der Waals surface area (Å²) in [5.41, 5.74) is 3.85. The average Bonchev–Trinajstić information content (AvgIpc) is 2.64. The first-order valence-electron chi connectivity index (χ1n) is 9.82. The molecule has 6 nitrogen and oxygen atoms in total. The number of hydrogen-bond acceptors (Lipinski definition) is 4. The van der Waals surface area contributed by atoms with Crippen molar-refractivity contribution in [3.63, 3.8) is 0 Å². The Hall–Kier alpha value is -2.32. The Balaban J connectivity index is 1.91. The van der Waals surface area contributed by atoms with Gasteiger partial charge in [-0.25, -0.2) is 8.42 Å². The molecule has 2 aromatic rings. The van der Waals surface area contributed by atoms with Crippen molar-refractivity contribution >= 4 is 33.0 Å². The molecule has 0 spiro atoms. The number of thiocarbonyl (C=S) groups is 1. The van der Waals surface area contributed by atoms with Crippen LogP contribution in [0, 0.1) is 0 Å². The number of benzene rings is 2. The highest BCUT2D eigenvalue weighted by atomic mass is 32.2. The fourth-order valence-corrected chi connectivity index (χ4v) is 3.49. The van der Waals surface area contributed by atoms with E-state index < -0.39 is 10.0 Å². The van der Waals surface area contributed by atoms with E-state index in [1.807, 2.05) is 19.1 Å². The lowest BCUT2D eigenvalue weighted by atomic mass is 9.86. The van der Waals surface area contributed by atoms with E-state index in [0.29, 0.717) is 30.5 Å². The molecule has 0 radical (unpaired) electrons. The van der Waals surface area contributed by atoms with Gasteiger partial charge in [-0.05, 0) is 53.9 Å². The van der Waals surface area contributed by atoms with Crippen molar-refractivity contribution in [2.45, 2.75) is 46.2 Å². The molecular formula is C22H31N3O3S2. The second-order valence-corrected chi connectivity index (χ2v) is 10.3. The summed E-state index contributed by atoms with van der Waals surface area (Å²) in [5.74, 6) is 0.870. The molecule has 0 saturated carbocycles. The molecule has 0 aliphatic heterocycles. The minimum atomic E-state index is -3.27. The molecule has 0 fully saturated rings. The van der Waals surface area contributed by atoms with E-state index in [0.717, 1.165) is 23.1 Å². The maximum atomic E-state index is 11.3. The van der Waals surface area contributed by atoms with E-state index >= 15 is 0 Å². The number of nitrogens with one attached hydrogen (secondary N) is 3. The Kier molecular flexibility index (Phi) is 8.09. The molecule has 0 aromatic heterocycles. The van der Waals surface area contributed by atoms with Gasteiger partial charge in [0.25, 0.3) is 0 Å². The third-order valence-electron chi connectivity index (χ3n) is 4.38. The Bertz CT molecular complexity index is 966. The van der Waals surface area contributed by atoms with Crippen LogP contribution in [-0.2, 0) is 28.5 Å². The van der Waals surface area contributed by atoms with Crippen molar-refractivity contribution in [2.75, 3.05) is 17.6 Å². The average molecular weight is 450 g/mol. The van der Waals surface area contributed by atoms with Crippen LogP contribution in [0.5, 0.6) is 5.75 Å². The summed E-state index contributed by atoms with van der Waals surface area (Å²) in [5, 5.41) is 6.92. The summed E-state index contributed by atoms with van der Waals surface area (Å²) in [4.78, 5) is 0. The first-order valence-corrected chi connectivity index (χ1v) is 12.1. The van der Waals surface area contributed by atoms with Gasteiger partial charge in [-0.15, -0.1) is 0 Å². The SMILES string of the molecule is CCOc1cc(C(C)(C)C)ccc1CNC(=S)NCc1ccc(NS(C)(=O)=O)cc1. The fourth-order valence-electron chi connectivity index (χ4n) is 2.78. The molecule has 2 rings (SSSR count). The predicted octanol–water partition coefficient (Wildman–Crippen LogP) is 3.92. The standard InChI is InChI=1S/C22H31N3O3S2/c1-6-28-20-13-18(22(2,3)4)10-9-17(20)15-24-21(29)23-14-16-7-11-19(12-8-16)25-30(5,26)27/h7-13,25H,6,14-15H2,1-5H3,(H2,23,24,29). The zero-order chi connectivity index (χ0) is 22.4. The Labute approximate surface area is 185 Å². The van der Waals surface area contributed by atoms with Crippen molar-refractivity contribution in [1.82, 2.24) is 10.6 Å². The van der Waals surface area contributed by atoms with Crippen molar-refractivity contribution in [1.29, 1.82) is 0 Å². The molecule has 0 saturated heterocycles. The molecule has 0 aliphatic rings. The molecule has 0 atom stereocenters. The Morgan fingerprint density at radius 3 is 2.23 bits per heavy atom. The van der Waals surface area contributed by atoms with Gasteiger partial charge in [-0.3, -0.25) is 4.72 Å². The Morgan fingerprint density at radius 1 is 1.03 bits per heavy atom. The molecule has 0 bridgehead atoms. The van der Waals surface area contributed by atoms with Crippen LogP contribution in [0.2, 0.25) is 0 Å². The number of hydrogen-bond donors (Lipinski definition) is 3. The first kappa shape index (κ1) is 24.0. The van der Waals surface area contributed by atoms with E-state index in [2.05, 4.69) is 54.3 Å². The largest absolute Gasteiger partial charge is 0.494 e. The lowest BCUT2D eigenvalue weighted by Crippen LogP contribution is -2.34. The maximum absolute atomic E-state index is 11.3. The lowest BCUT2D eigenvalue weighted by Gasteiger charge is -2.21. The first-order chi connectivity index (χ1) is 14.0. The second kappa shape index (κ2) is 10.1. The summed E-state index contributed by atoms with van der Waals surface area (Å²) in [6.07, 6.45) is 1.13.